The maximum atomic E-state index is 13.1. The number of rotatable bonds is 6. The molecule has 0 radical (unpaired) electrons. The molecule has 10 heteroatoms. The van der Waals surface area contributed by atoms with Crippen LogP contribution >= 0.6 is 0 Å². The molecule has 2 aliphatic heterocycles. The van der Waals surface area contributed by atoms with Gasteiger partial charge in [0.1, 0.15) is 0 Å². The van der Waals surface area contributed by atoms with Crippen molar-refractivity contribution in [1.82, 2.24) is 19.3 Å². The van der Waals surface area contributed by atoms with Gasteiger partial charge in [0.05, 0.1) is 30.0 Å². The van der Waals surface area contributed by atoms with Crippen LogP contribution in [0.3, 0.4) is 0 Å². The van der Waals surface area contributed by atoms with Crippen LogP contribution in [-0.4, -0.2) is 84.2 Å². The van der Waals surface area contributed by atoms with Gasteiger partial charge in [0, 0.05) is 51.2 Å². The van der Waals surface area contributed by atoms with Gasteiger partial charge in [0.2, 0.25) is 11.8 Å². The highest BCUT2D eigenvalue weighted by atomic mass is 16.6. The van der Waals surface area contributed by atoms with Gasteiger partial charge in [0.15, 0.2) is 5.75 Å². The highest BCUT2D eigenvalue weighted by molar-refractivity contribution is 5.92. The number of fused-ring (bicyclic) bond motifs is 1. The summed E-state index contributed by atoms with van der Waals surface area (Å²) >= 11 is 0. The van der Waals surface area contributed by atoms with E-state index in [-0.39, 0.29) is 17.4 Å². The topological polar surface area (TPSA) is 105 Å². The van der Waals surface area contributed by atoms with E-state index in [0.29, 0.717) is 23.0 Å². The van der Waals surface area contributed by atoms with Crippen molar-refractivity contribution in [2.45, 2.75) is 51.6 Å². The smallest absolute Gasteiger partial charge is 0.418 e. The monoisotopic (exact) mass is 576 g/mol. The third kappa shape index (κ3) is 6.05. The number of piperazine rings is 1. The minimum absolute atomic E-state index is 0.0326. The Morgan fingerprint density at radius 1 is 1.05 bits per heavy atom. The molecule has 2 saturated heterocycles. The summed E-state index contributed by atoms with van der Waals surface area (Å²) in [7, 11) is 5.48. The number of hydrogen-bond acceptors (Lipinski definition) is 7. The predicted molar refractivity (Wildman–Crippen MR) is 166 cm³/mol. The number of hydrogen-bond donors (Lipinski definition) is 2. The molecule has 1 atom stereocenters. The lowest BCUT2D eigenvalue weighted by Crippen LogP contribution is -2.52. The number of benzene rings is 2. The molecule has 0 aliphatic carbocycles. The Hall–Kier alpha value is -3.76. The SMILES string of the molecule is COc1c(N)cc(C(C)(C)C)cc1NC(=O)Oc1cc2cccc(CN3CCN(C(=O)C4CCCN4C)CC3)c2n1C. The Kier molecular flexibility index (Phi) is 8.39. The molecular formula is C32H44N6O4. The molecule has 226 valence electrons. The summed E-state index contributed by atoms with van der Waals surface area (Å²) < 4.78 is 13.2. The standard InChI is InChI=1S/C32H44N6O4/c1-32(2,3)23-18-24(33)29(41-6)25(19-23)34-31(40)42-27-17-21-9-7-10-22(28(21)36(27)5)20-37-13-15-38(16-14-37)30(39)26-11-8-12-35(26)4/h7,9-10,17-19,26H,8,11-16,20,33H2,1-6H3,(H,34,40). The fraction of sp³-hybridized carbons (Fsp3) is 0.500. The van der Waals surface area contributed by atoms with Crippen LogP contribution in [-0.2, 0) is 23.8 Å². The first kappa shape index (κ1) is 29.7. The molecule has 3 aromatic rings. The zero-order valence-electron chi connectivity index (χ0n) is 25.7. The molecule has 3 heterocycles. The number of amides is 2. The van der Waals surface area contributed by atoms with Crippen molar-refractivity contribution < 1.29 is 19.1 Å². The molecule has 2 amide bonds. The Morgan fingerprint density at radius 2 is 1.79 bits per heavy atom. The lowest BCUT2D eigenvalue weighted by atomic mass is 9.86. The van der Waals surface area contributed by atoms with E-state index in [9.17, 15) is 9.59 Å². The molecule has 5 rings (SSSR count). The van der Waals surface area contributed by atoms with Crippen LogP contribution in [0.5, 0.6) is 11.6 Å². The van der Waals surface area contributed by atoms with Crippen LogP contribution in [0.1, 0.15) is 44.7 Å². The fourth-order valence-electron chi connectivity index (χ4n) is 6.14. The number of carbonyl (C=O) groups excluding carboxylic acids is 2. The third-order valence-corrected chi connectivity index (χ3v) is 8.60. The largest absolute Gasteiger partial charge is 0.492 e. The molecule has 3 N–H and O–H groups in total. The van der Waals surface area contributed by atoms with E-state index in [1.165, 1.54) is 7.11 Å². The van der Waals surface area contributed by atoms with E-state index < -0.39 is 6.09 Å². The molecule has 42 heavy (non-hydrogen) atoms. The number of anilines is 2. The molecule has 0 spiro atoms. The maximum Gasteiger partial charge on any atom is 0.418 e. The van der Waals surface area contributed by atoms with Crippen LogP contribution in [0.15, 0.2) is 36.4 Å². The number of likely N-dealkylation sites (N-methyl/N-ethyl adjacent to an activating group) is 1. The van der Waals surface area contributed by atoms with Crippen LogP contribution in [0.2, 0.25) is 0 Å². The van der Waals surface area contributed by atoms with Crippen molar-refractivity contribution in [1.29, 1.82) is 0 Å². The van der Waals surface area contributed by atoms with Crippen molar-refractivity contribution in [3.8, 4) is 11.6 Å². The second kappa shape index (κ2) is 11.9. The predicted octanol–water partition coefficient (Wildman–Crippen LogP) is 4.42. The Bertz CT molecular complexity index is 1470. The van der Waals surface area contributed by atoms with Gasteiger partial charge in [-0.05, 0) is 55.1 Å². The van der Waals surface area contributed by atoms with E-state index in [1.54, 1.807) is 0 Å². The minimum Gasteiger partial charge on any atom is -0.492 e. The van der Waals surface area contributed by atoms with Crippen LogP contribution in [0.4, 0.5) is 16.2 Å². The average molecular weight is 577 g/mol. The number of aryl methyl sites for hydroxylation is 1. The van der Waals surface area contributed by atoms with E-state index in [0.717, 1.165) is 74.1 Å². The molecule has 1 aromatic heterocycles. The van der Waals surface area contributed by atoms with Crippen LogP contribution in [0.25, 0.3) is 10.9 Å². The van der Waals surface area contributed by atoms with Gasteiger partial charge in [-0.15, -0.1) is 0 Å². The highest BCUT2D eigenvalue weighted by Gasteiger charge is 2.33. The van der Waals surface area contributed by atoms with Gasteiger partial charge < -0.3 is 24.7 Å². The normalized spacial score (nSPS) is 18.4. The van der Waals surface area contributed by atoms with Gasteiger partial charge >= 0.3 is 6.09 Å². The van der Waals surface area contributed by atoms with E-state index in [1.807, 2.05) is 53.9 Å². The van der Waals surface area contributed by atoms with Gasteiger partial charge in [-0.3, -0.25) is 19.9 Å². The average Bonchev–Trinajstić information content (AvgIpc) is 3.51. The summed E-state index contributed by atoms with van der Waals surface area (Å²) in [6, 6.07) is 11.8. The van der Waals surface area contributed by atoms with Gasteiger partial charge in [-0.2, -0.15) is 0 Å². The first-order valence-corrected chi connectivity index (χ1v) is 14.7. The zero-order chi connectivity index (χ0) is 30.2. The summed E-state index contributed by atoms with van der Waals surface area (Å²) in [6.45, 7) is 11.1. The van der Waals surface area contributed by atoms with Crippen molar-refractivity contribution >= 4 is 34.3 Å². The number of nitrogens with two attached hydrogens (primary N) is 1. The number of methoxy groups -OCH3 is 1. The molecule has 1 unspecified atom stereocenters. The molecule has 2 fully saturated rings. The van der Waals surface area contributed by atoms with Crippen LogP contribution < -0.4 is 20.5 Å². The van der Waals surface area contributed by atoms with Crippen molar-refractivity contribution in [2.75, 3.05) is 57.9 Å². The lowest BCUT2D eigenvalue weighted by Gasteiger charge is -2.37. The van der Waals surface area contributed by atoms with Crippen molar-refractivity contribution in [2.24, 2.45) is 7.05 Å². The minimum atomic E-state index is -0.625. The van der Waals surface area contributed by atoms with Crippen LogP contribution in [0, 0.1) is 0 Å². The zero-order valence-corrected chi connectivity index (χ0v) is 25.7. The van der Waals surface area contributed by atoms with Crippen molar-refractivity contribution in [3.05, 3.63) is 47.5 Å². The second-order valence-corrected chi connectivity index (χ2v) is 12.5. The van der Waals surface area contributed by atoms with E-state index in [2.05, 4.69) is 42.0 Å². The fourth-order valence-corrected chi connectivity index (χ4v) is 6.14. The summed E-state index contributed by atoms with van der Waals surface area (Å²) in [6.07, 6.45) is 1.42. The molecule has 2 aromatic carbocycles. The number of nitrogen functional groups attached to an aromatic ring is 1. The number of likely N-dealkylation sites (tertiary alicyclic amines) is 1. The Morgan fingerprint density at radius 3 is 2.43 bits per heavy atom. The van der Waals surface area contributed by atoms with Gasteiger partial charge in [-0.25, -0.2) is 4.79 Å². The van der Waals surface area contributed by atoms with Crippen molar-refractivity contribution in [3.63, 3.8) is 0 Å². The molecule has 2 aliphatic rings. The number of nitrogens with zero attached hydrogens (tertiary/aromatic N) is 4. The number of carbonyl (C=O) groups is 2. The number of nitrogens with one attached hydrogen (secondary N) is 1. The molecule has 10 nitrogen and oxygen atoms in total. The second-order valence-electron chi connectivity index (χ2n) is 12.5. The van der Waals surface area contributed by atoms with Gasteiger partial charge in [-0.1, -0.05) is 39.0 Å². The summed E-state index contributed by atoms with van der Waals surface area (Å²) in [5, 5.41) is 3.82. The highest BCUT2D eigenvalue weighted by Crippen LogP contribution is 2.37. The number of para-hydroxylation sites is 1. The first-order valence-electron chi connectivity index (χ1n) is 14.7. The van der Waals surface area contributed by atoms with Gasteiger partial charge in [0.25, 0.3) is 0 Å². The Labute approximate surface area is 248 Å². The van der Waals surface area contributed by atoms with E-state index in [4.69, 9.17) is 15.2 Å². The quantitative estimate of drug-likeness (QED) is 0.419. The van der Waals surface area contributed by atoms with E-state index >= 15 is 0 Å². The summed E-state index contributed by atoms with van der Waals surface area (Å²) in [5.74, 6) is 1.10. The number of aromatic nitrogens is 1. The molecular weight excluding hydrogens is 532 g/mol. The maximum absolute atomic E-state index is 13.1. The third-order valence-electron chi connectivity index (χ3n) is 8.60. The summed E-state index contributed by atoms with van der Waals surface area (Å²) in [5.41, 5.74) is 10.1. The molecule has 0 bridgehead atoms. The first-order chi connectivity index (χ1) is 20.0. The number of ether oxygens (including phenoxy) is 2. The molecule has 0 saturated carbocycles. The lowest BCUT2D eigenvalue weighted by molar-refractivity contribution is -0.137. The summed E-state index contributed by atoms with van der Waals surface area (Å²) in [4.78, 5) is 32.7. The Balaban J connectivity index is 1.27.